The molecule has 0 saturated carbocycles. The lowest BCUT2D eigenvalue weighted by atomic mass is 9.98. The summed E-state index contributed by atoms with van der Waals surface area (Å²) in [6, 6.07) is 17.3. The number of nitrogens with one attached hydrogen (secondary N) is 1. The minimum atomic E-state index is -0.0915. The van der Waals surface area contributed by atoms with Crippen LogP contribution in [0.1, 0.15) is 23.0 Å². The largest absolute Gasteiger partial charge is 0.299 e. The van der Waals surface area contributed by atoms with Gasteiger partial charge in [0.05, 0.1) is 12.6 Å². The Kier molecular flexibility index (Phi) is 5.23. The first kappa shape index (κ1) is 15.9. The molecule has 1 unspecified atom stereocenters. The molecule has 116 valence electrons. The quantitative estimate of drug-likeness (QED) is 0.731. The molecule has 3 nitrogen and oxygen atoms in total. The lowest BCUT2D eigenvalue weighted by Gasteiger charge is -2.21. The molecule has 0 bridgehead atoms. The predicted octanol–water partition coefficient (Wildman–Crippen LogP) is 4.66. The van der Waals surface area contributed by atoms with Crippen LogP contribution in [0.4, 0.5) is 0 Å². The zero-order valence-electron chi connectivity index (χ0n) is 12.3. The number of hydrogen-bond acceptors (Lipinski definition) is 3. The summed E-state index contributed by atoms with van der Waals surface area (Å²) in [4.78, 5) is 8.49. The maximum Gasteiger partial charge on any atom is 0.141 e. The van der Waals surface area contributed by atoms with Crippen molar-refractivity contribution in [3.8, 4) is 0 Å². The first-order valence-electron chi connectivity index (χ1n) is 7.23. The Hall–Kier alpha value is -1.94. The Labute approximate surface area is 145 Å². The minimum Gasteiger partial charge on any atom is -0.299 e. The highest BCUT2D eigenvalue weighted by Crippen LogP contribution is 2.30. The highest BCUT2D eigenvalue weighted by Gasteiger charge is 2.17. The fourth-order valence-corrected chi connectivity index (χ4v) is 2.81. The van der Waals surface area contributed by atoms with Gasteiger partial charge in [-0.1, -0.05) is 53.5 Å². The van der Waals surface area contributed by atoms with Crippen molar-refractivity contribution in [1.29, 1.82) is 0 Å². The summed E-state index contributed by atoms with van der Waals surface area (Å²) in [6.45, 7) is 0.531. The first-order chi connectivity index (χ1) is 11.2. The van der Waals surface area contributed by atoms with Crippen molar-refractivity contribution >= 4 is 23.2 Å². The fraction of sp³-hybridized carbons (Fsp3) is 0.111. The SMILES string of the molecule is Clc1ccc(Cl)c(C(NCc2ncccn2)c2ccccc2)c1. The standard InChI is InChI=1S/C18H15Cl2N3/c19-14-7-8-16(20)15(11-14)18(13-5-2-1-3-6-13)23-12-17-21-9-4-10-22-17/h1-11,18,23H,12H2. The van der Waals surface area contributed by atoms with E-state index >= 15 is 0 Å². The number of hydrogen-bond donors (Lipinski definition) is 1. The topological polar surface area (TPSA) is 37.8 Å². The third-order valence-electron chi connectivity index (χ3n) is 3.49. The molecule has 0 fully saturated rings. The van der Waals surface area contributed by atoms with Gasteiger partial charge in [-0.25, -0.2) is 9.97 Å². The van der Waals surface area contributed by atoms with Crippen molar-refractivity contribution in [2.45, 2.75) is 12.6 Å². The molecule has 0 aliphatic rings. The molecule has 1 aromatic heterocycles. The molecule has 5 heteroatoms. The maximum atomic E-state index is 6.39. The zero-order chi connectivity index (χ0) is 16.1. The van der Waals surface area contributed by atoms with Gasteiger partial charge in [0.15, 0.2) is 0 Å². The van der Waals surface area contributed by atoms with Crippen molar-refractivity contribution in [2.75, 3.05) is 0 Å². The van der Waals surface area contributed by atoms with Crippen LogP contribution in [0.2, 0.25) is 10.0 Å². The van der Waals surface area contributed by atoms with Crippen LogP contribution in [0.15, 0.2) is 67.0 Å². The van der Waals surface area contributed by atoms with E-state index in [0.29, 0.717) is 16.6 Å². The normalized spacial score (nSPS) is 12.1. The molecule has 0 amide bonds. The van der Waals surface area contributed by atoms with Gasteiger partial charge in [-0.05, 0) is 35.4 Å². The Balaban J connectivity index is 1.92. The highest BCUT2D eigenvalue weighted by atomic mass is 35.5. The van der Waals surface area contributed by atoms with Gasteiger partial charge in [0, 0.05) is 22.4 Å². The molecule has 1 atom stereocenters. The number of benzene rings is 2. The van der Waals surface area contributed by atoms with Gasteiger partial charge < -0.3 is 0 Å². The second kappa shape index (κ2) is 7.55. The highest BCUT2D eigenvalue weighted by molar-refractivity contribution is 6.33. The van der Waals surface area contributed by atoms with E-state index in [1.807, 2.05) is 30.3 Å². The molecule has 1 heterocycles. The second-order valence-corrected chi connectivity index (χ2v) is 5.90. The molecular formula is C18H15Cl2N3. The van der Waals surface area contributed by atoms with Gasteiger partial charge >= 0.3 is 0 Å². The van der Waals surface area contributed by atoms with Crippen molar-refractivity contribution < 1.29 is 0 Å². The molecule has 0 spiro atoms. The summed E-state index contributed by atoms with van der Waals surface area (Å²) < 4.78 is 0. The minimum absolute atomic E-state index is 0.0915. The van der Waals surface area contributed by atoms with E-state index in [1.54, 1.807) is 24.5 Å². The molecule has 3 aromatic rings. The van der Waals surface area contributed by atoms with Gasteiger partial charge in [-0.2, -0.15) is 0 Å². The lowest BCUT2D eigenvalue weighted by molar-refractivity contribution is 0.586. The fourth-order valence-electron chi connectivity index (χ4n) is 2.40. The number of halogens is 2. The molecule has 0 aliphatic heterocycles. The monoisotopic (exact) mass is 343 g/mol. The summed E-state index contributed by atoms with van der Waals surface area (Å²) in [7, 11) is 0. The number of aromatic nitrogens is 2. The van der Waals surface area contributed by atoms with E-state index in [-0.39, 0.29) is 6.04 Å². The van der Waals surface area contributed by atoms with Crippen LogP contribution < -0.4 is 5.32 Å². The van der Waals surface area contributed by atoms with Crippen LogP contribution in [0.3, 0.4) is 0 Å². The van der Waals surface area contributed by atoms with Gasteiger partial charge in [0.1, 0.15) is 5.82 Å². The van der Waals surface area contributed by atoms with Gasteiger partial charge in [0.2, 0.25) is 0 Å². The summed E-state index contributed by atoms with van der Waals surface area (Å²) in [5, 5.41) is 4.80. The van der Waals surface area contributed by atoms with Gasteiger partial charge in [0.25, 0.3) is 0 Å². The average molecular weight is 344 g/mol. The van der Waals surface area contributed by atoms with Crippen molar-refractivity contribution in [3.63, 3.8) is 0 Å². The summed E-state index contributed by atoms with van der Waals surface area (Å²) in [5.41, 5.74) is 2.04. The molecule has 0 radical (unpaired) electrons. The van der Waals surface area contributed by atoms with Crippen LogP contribution in [-0.2, 0) is 6.54 Å². The summed E-state index contributed by atoms with van der Waals surface area (Å²) >= 11 is 12.5. The Bertz CT molecular complexity index is 764. The van der Waals surface area contributed by atoms with Crippen LogP contribution in [0, 0.1) is 0 Å². The summed E-state index contributed by atoms with van der Waals surface area (Å²) in [6.07, 6.45) is 3.46. The van der Waals surface area contributed by atoms with E-state index < -0.39 is 0 Å². The maximum absolute atomic E-state index is 6.39. The Morgan fingerprint density at radius 3 is 2.39 bits per heavy atom. The van der Waals surface area contributed by atoms with Crippen LogP contribution >= 0.6 is 23.2 Å². The van der Waals surface area contributed by atoms with Crippen LogP contribution in [0.5, 0.6) is 0 Å². The van der Waals surface area contributed by atoms with Gasteiger partial charge in [-0.15, -0.1) is 0 Å². The third kappa shape index (κ3) is 4.08. The van der Waals surface area contributed by atoms with Crippen molar-refractivity contribution in [3.05, 3.63) is 94.0 Å². The number of nitrogens with zero attached hydrogens (tertiary/aromatic N) is 2. The molecule has 2 aromatic carbocycles. The van der Waals surface area contributed by atoms with Crippen LogP contribution in [0.25, 0.3) is 0 Å². The van der Waals surface area contributed by atoms with E-state index in [1.165, 1.54) is 0 Å². The lowest BCUT2D eigenvalue weighted by Crippen LogP contribution is -2.23. The van der Waals surface area contributed by atoms with E-state index in [9.17, 15) is 0 Å². The molecule has 23 heavy (non-hydrogen) atoms. The second-order valence-electron chi connectivity index (χ2n) is 5.06. The van der Waals surface area contributed by atoms with Crippen LogP contribution in [-0.4, -0.2) is 9.97 Å². The van der Waals surface area contributed by atoms with Crippen molar-refractivity contribution in [2.24, 2.45) is 0 Å². The molecular weight excluding hydrogens is 329 g/mol. The van der Waals surface area contributed by atoms with E-state index in [0.717, 1.165) is 17.0 Å². The van der Waals surface area contributed by atoms with E-state index in [2.05, 4.69) is 27.4 Å². The smallest absolute Gasteiger partial charge is 0.141 e. The average Bonchev–Trinajstić information content (AvgIpc) is 2.60. The van der Waals surface area contributed by atoms with Crippen molar-refractivity contribution in [1.82, 2.24) is 15.3 Å². The zero-order valence-corrected chi connectivity index (χ0v) is 13.8. The predicted molar refractivity (Wildman–Crippen MR) is 93.6 cm³/mol. The van der Waals surface area contributed by atoms with Gasteiger partial charge in [-0.3, -0.25) is 5.32 Å². The Morgan fingerprint density at radius 1 is 0.913 bits per heavy atom. The molecule has 1 N–H and O–H groups in total. The first-order valence-corrected chi connectivity index (χ1v) is 7.99. The summed E-state index contributed by atoms with van der Waals surface area (Å²) in [5.74, 6) is 0.728. The molecule has 0 aliphatic carbocycles. The Morgan fingerprint density at radius 2 is 1.65 bits per heavy atom. The molecule has 0 saturated heterocycles. The molecule has 3 rings (SSSR count). The third-order valence-corrected chi connectivity index (χ3v) is 4.06. The number of rotatable bonds is 5. The van der Waals surface area contributed by atoms with E-state index in [4.69, 9.17) is 23.2 Å².